The average Bonchev–Trinajstić information content (AvgIpc) is 2.83. The SMILES string of the molecule is CC(C)CC/C(N)=C/C(=O)[C@H](Cc1ccccc1)N(Cc1ccccc1)Cc1ccccc1. The van der Waals surface area contributed by atoms with Gasteiger partial charge in [-0.3, -0.25) is 9.69 Å². The zero-order valence-corrected chi connectivity index (χ0v) is 19.9. The van der Waals surface area contributed by atoms with Gasteiger partial charge in [0.15, 0.2) is 5.78 Å². The first-order valence-electron chi connectivity index (χ1n) is 11.9. The van der Waals surface area contributed by atoms with E-state index in [-0.39, 0.29) is 11.8 Å². The van der Waals surface area contributed by atoms with Crippen LogP contribution in [0, 0.1) is 5.92 Å². The molecule has 0 aliphatic rings. The third kappa shape index (κ3) is 8.36. The normalized spacial score (nSPS) is 12.8. The first-order valence-corrected chi connectivity index (χ1v) is 11.9. The molecular formula is C30H36N2O. The van der Waals surface area contributed by atoms with Gasteiger partial charge in [-0.05, 0) is 41.9 Å². The second-order valence-electron chi connectivity index (χ2n) is 9.14. The summed E-state index contributed by atoms with van der Waals surface area (Å²) in [6, 6.07) is 30.7. The largest absolute Gasteiger partial charge is 0.402 e. The van der Waals surface area contributed by atoms with E-state index in [9.17, 15) is 4.79 Å². The van der Waals surface area contributed by atoms with E-state index in [1.165, 1.54) is 11.1 Å². The van der Waals surface area contributed by atoms with E-state index in [4.69, 9.17) is 5.73 Å². The zero-order valence-electron chi connectivity index (χ0n) is 19.9. The number of nitrogens with zero attached hydrogens (tertiary/aromatic N) is 1. The summed E-state index contributed by atoms with van der Waals surface area (Å²) in [4.78, 5) is 15.9. The Bertz CT molecular complexity index is 956. The molecule has 172 valence electrons. The van der Waals surface area contributed by atoms with E-state index in [1.807, 2.05) is 54.6 Å². The molecule has 3 nitrogen and oxygen atoms in total. The van der Waals surface area contributed by atoms with Crippen molar-refractivity contribution in [2.75, 3.05) is 0 Å². The van der Waals surface area contributed by atoms with Crippen LogP contribution in [0.3, 0.4) is 0 Å². The Morgan fingerprint density at radius 2 is 1.24 bits per heavy atom. The number of carbonyl (C=O) groups excluding carboxylic acids is 1. The Morgan fingerprint density at radius 1 is 0.788 bits per heavy atom. The molecule has 0 aliphatic carbocycles. The Balaban J connectivity index is 1.92. The van der Waals surface area contributed by atoms with E-state index >= 15 is 0 Å². The molecule has 0 saturated heterocycles. The first kappa shape index (κ1) is 24.5. The maximum Gasteiger partial charge on any atom is 0.174 e. The molecule has 3 heteroatoms. The average molecular weight is 441 g/mol. The molecule has 3 aromatic carbocycles. The van der Waals surface area contributed by atoms with Gasteiger partial charge in [-0.2, -0.15) is 0 Å². The number of nitrogens with two attached hydrogens (primary N) is 1. The smallest absolute Gasteiger partial charge is 0.174 e. The van der Waals surface area contributed by atoms with Crippen LogP contribution in [0.5, 0.6) is 0 Å². The fourth-order valence-corrected chi connectivity index (χ4v) is 3.97. The van der Waals surface area contributed by atoms with E-state index in [0.29, 0.717) is 31.1 Å². The standard InChI is InChI=1S/C30H36N2O/c1-24(2)18-19-28(31)21-30(33)29(20-25-12-6-3-7-13-25)32(22-26-14-8-4-9-15-26)23-27-16-10-5-11-17-27/h3-17,21,24,29H,18-20,22-23,31H2,1-2H3/b28-21-/t29-/m0/s1. The molecule has 0 amide bonds. The third-order valence-electron chi connectivity index (χ3n) is 5.84. The molecule has 0 bridgehead atoms. The fourth-order valence-electron chi connectivity index (χ4n) is 3.97. The monoisotopic (exact) mass is 440 g/mol. The van der Waals surface area contributed by atoms with Crippen molar-refractivity contribution in [3.8, 4) is 0 Å². The van der Waals surface area contributed by atoms with Gasteiger partial charge in [-0.1, -0.05) is 105 Å². The molecule has 0 spiro atoms. The van der Waals surface area contributed by atoms with E-state index < -0.39 is 0 Å². The van der Waals surface area contributed by atoms with Crippen molar-refractivity contribution in [1.82, 2.24) is 4.90 Å². The maximum atomic E-state index is 13.6. The number of hydrogen-bond acceptors (Lipinski definition) is 3. The van der Waals surface area contributed by atoms with Crippen LogP contribution >= 0.6 is 0 Å². The van der Waals surface area contributed by atoms with Crippen LogP contribution in [0.4, 0.5) is 0 Å². The summed E-state index contributed by atoms with van der Waals surface area (Å²) in [6.07, 6.45) is 4.06. The molecule has 0 heterocycles. The lowest BCUT2D eigenvalue weighted by atomic mass is 9.97. The Hall–Kier alpha value is -3.17. The second kappa shape index (κ2) is 12.8. The predicted molar refractivity (Wildman–Crippen MR) is 137 cm³/mol. The molecule has 3 aromatic rings. The molecule has 33 heavy (non-hydrogen) atoms. The minimum atomic E-state index is -0.301. The molecule has 0 saturated carbocycles. The van der Waals surface area contributed by atoms with Crippen LogP contribution in [0.2, 0.25) is 0 Å². The van der Waals surface area contributed by atoms with Gasteiger partial charge in [0.25, 0.3) is 0 Å². The third-order valence-corrected chi connectivity index (χ3v) is 5.84. The van der Waals surface area contributed by atoms with E-state index in [2.05, 4.69) is 55.1 Å². The van der Waals surface area contributed by atoms with E-state index in [1.54, 1.807) is 6.08 Å². The van der Waals surface area contributed by atoms with Gasteiger partial charge in [-0.15, -0.1) is 0 Å². The van der Waals surface area contributed by atoms with Gasteiger partial charge in [-0.25, -0.2) is 0 Å². The summed E-state index contributed by atoms with van der Waals surface area (Å²) >= 11 is 0. The van der Waals surface area contributed by atoms with Gasteiger partial charge in [0.2, 0.25) is 0 Å². The van der Waals surface area contributed by atoms with Crippen LogP contribution in [0.15, 0.2) is 103 Å². The molecular weight excluding hydrogens is 404 g/mol. The van der Waals surface area contributed by atoms with Crippen molar-refractivity contribution in [2.24, 2.45) is 11.7 Å². The van der Waals surface area contributed by atoms with Crippen molar-refractivity contribution >= 4 is 5.78 Å². The number of hydrogen-bond donors (Lipinski definition) is 1. The van der Waals surface area contributed by atoms with Crippen molar-refractivity contribution in [2.45, 2.75) is 52.2 Å². The molecule has 0 fully saturated rings. The van der Waals surface area contributed by atoms with Crippen LogP contribution < -0.4 is 5.73 Å². The number of ketones is 1. The summed E-state index contributed by atoms with van der Waals surface area (Å²) in [7, 11) is 0. The highest BCUT2D eigenvalue weighted by Gasteiger charge is 2.25. The minimum absolute atomic E-state index is 0.0759. The number of rotatable bonds is 12. The Morgan fingerprint density at radius 3 is 1.70 bits per heavy atom. The maximum absolute atomic E-state index is 13.6. The van der Waals surface area contributed by atoms with Crippen LogP contribution in [-0.4, -0.2) is 16.7 Å². The molecule has 0 aliphatic heterocycles. The predicted octanol–water partition coefficient (Wildman–Crippen LogP) is 6.15. The highest BCUT2D eigenvalue weighted by atomic mass is 16.1. The van der Waals surface area contributed by atoms with Crippen molar-refractivity contribution in [3.63, 3.8) is 0 Å². The van der Waals surface area contributed by atoms with Gasteiger partial charge in [0, 0.05) is 24.9 Å². The molecule has 2 N–H and O–H groups in total. The molecule has 1 atom stereocenters. The number of carbonyl (C=O) groups is 1. The minimum Gasteiger partial charge on any atom is -0.402 e. The first-order chi connectivity index (χ1) is 16.0. The summed E-state index contributed by atoms with van der Waals surface area (Å²) < 4.78 is 0. The van der Waals surface area contributed by atoms with E-state index in [0.717, 1.165) is 18.4 Å². The van der Waals surface area contributed by atoms with Crippen molar-refractivity contribution in [1.29, 1.82) is 0 Å². The Labute approximate surface area is 198 Å². The van der Waals surface area contributed by atoms with Crippen LogP contribution in [0.25, 0.3) is 0 Å². The van der Waals surface area contributed by atoms with Crippen molar-refractivity contribution in [3.05, 3.63) is 119 Å². The molecule has 0 aromatic heterocycles. The fraction of sp³-hybridized carbons (Fsp3) is 0.300. The summed E-state index contributed by atoms with van der Waals surface area (Å²) in [5, 5.41) is 0. The second-order valence-corrected chi connectivity index (χ2v) is 9.14. The zero-order chi connectivity index (χ0) is 23.5. The number of allylic oxidation sites excluding steroid dienone is 1. The summed E-state index contributed by atoms with van der Waals surface area (Å²) in [5.74, 6) is 0.631. The molecule has 0 unspecified atom stereocenters. The van der Waals surface area contributed by atoms with Gasteiger partial charge in [0.05, 0.1) is 6.04 Å². The summed E-state index contributed by atoms with van der Waals surface area (Å²) in [5.41, 5.74) is 10.5. The topological polar surface area (TPSA) is 46.3 Å². The molecule has 3 rings (SSSR count). The quantitative estimate of drug-likeness (QED) is 0.344. The van der Waals surface area contributed by atoms with Crippen LogP contribution in [0.1, 0.15) is 43.4 Å². The number of benzene rings is 3. The van der Waals surface area contributed by atoms with Gasteiger partial charge in [0.1, 0.15) is 0 Å². The lowest BCUT2D eigenvalue weighted by Gasteiger charge is -2.31. The lowest BCUT2D eigenvalue weighted by Crippen LogP contribution is -2.41. The Kier molecular flexibility index (Phi) is 9.46. The van der Waals surface area contributed by atoms with Crippen LogP contribution in [-0.2, 0) is 24.3 Å². The highest BCUT2D eigenvalue weighted by molar-refractivity contribution is 5.95. The highest BCUT2D eigenvalue weighted by Crippen LogP contribution is 2.19. The lowest BCUT2D eigenvalue weighted by molar-refractivity contribution is -0.120. The van der Waals surface area contributed by atoms with Crippen molar-refractivity contribution < 1.29 is 4.79 Å². The van der Waals surface area contributed by atoms with Gasteiger partial charge >= 0.3 is 0 Å². The molecule has 0 radical (unpaired) electrons. The van der Waals surface area contributed by atoms with Gasteiger partial charge < -0.3 is 5.73 Å². The summed E-state index contributed by atoms with van der Waals surface area (Å²) in [6.45, 7) is 5.74.